The van der Waals surface area contributed by atoms with E-state index in [0.717, 1.165) is 20.0 Å². The molecule has 4 rings (SSSR count). The predicted molar refractivity (Wildman–Crippen MR) is 374 cm³/mol. The molecule has 3 aliphatic heterocycles. The quantitative estimate of drug-likeness (QED) is 0.0299. The summed E-state index contributed by atoms with van der Waals surface area (Å²) in [6.45, 7) is -0.532. The monoisotopic (exact) mass is 1490 g/mol. The maximum Gasteiger partial charge on any atom is 0.472 e. The van der Waals surface area contributed by atoms with Crippen molar-refractivity contribution in [2.45, 2.75) is 248 Å². The number of nitrogens with zero attached hydrogens (tertiary/aromatic N) is 4. The van der Waals surface area contributed by atoms with Crippen molar-refractivity contribution in [3.05, 3.63) is 6.33 Å². The lowest BCUT2D eigenvalue weighted by molar-refractivity contribution is -0.133. The Morgan fingerprint density at radius 1 is 0.588 bits per heavy atom. The van der Waals surface area contributed by atoms with Crippen molar-refractivity contribution < 1.29 is 115 Å². The third kappa shape index (κ3) is 37.8. The second-order valence-electron chi connectivity index (χ2n) is 26.3. The van der Waals surface area contributed by atoms with Crippen LogP contribution in [0.1, 0.15) is 212 Å². The normalized spacial score (nSPS) is 19.0. The number of likely N-dealkylation sites (tertiary alicyclic amines) is 1. The number of carbonyl (C=O) groups is 8. The van der Waals surface area contributed by atoms with Crippen molar-refractivity contribution in [1.82, 2.24) is 30.8 Å². The van der Waals surface area contributed by atoms with Gasteiger partial charge in [0.1, 0.15) is 59.1 Å². The molecule has 0 radical (unpaired) electrons. The number of nitrogens with one attached hydrogen (secondary N) is 4. The average Bonchev–Trinajstić information content (AvgIpc) is 1.63. The number of phosphoric ester groups is 2. The minimum absolute atomic E-state index is 0.00000981. The van der Waals surface area contributed by atoms with Crippen molar-refractivity contribution in [3.8, 4) is 0 Å². The lowest BCUT2D eigenvalue weighted by Crippen LogP contribution is -2.58. The number of anilines is 3. The topological polar surface area (TPSA) is 472 Å². The van der Waals surface area contributed by atoms with Crippen molar-refractivity contribution in [2.24, 2.45) is 0 Å². The van der Waals surface area contributed by atoms with Crippen LogP contribution in [0.5, 0.6) is 0 Å². The van der Waals surface area contributed by atoms with Crippen LogP contribution in [0.2, 0.25) is 0 Å². The Labute approximate surface area is 599 Å². The minimum Gasteiger partial charge on any atom is -0.396 e. The zero-order chi connectivity index (χ0) is 74.4. The maximum atomic E-state index is 14.0. The summed E-state index contributed by atoms with van der Waals surface area (Å²) in [6, 6.07) is -0.773. The van der Waals surface area contributed by atoms with Gasteiger partial charge in [0.25, 0.3) is 0 Å². The lowest BCUT2D eigenvalue weighted by atomic mass is 10.0. The van der Waals surface area contributed by atoms with Crippen LogP contribution in [-0.4, -0.2) is 234 Å². The summed E-state index contributed by atoms with van der Waals surface area (Å²) in [4.78, 5) is 135. The number of hydrogen-bond acceptors (Lipinski definition) is 27. The van der Waals surface area contributed by atoms with Gasteiger partial charge in [0.2, 0.25) is 23.6 Å². The summed E-state index contributed by atoms with van der Waals surface area (Å²) in [5.74, 6) is -0.319. The van der Waals surface area contributed by atoms with E-state index in [4.69, 9.17) is 53.6 Å². The van der Waals surface area contributed by atoms with Gasteiger partial charge in [0, 0.05) is 130 Å². The fourth-order valence-corrected chi connectivity index (χ4v) is 13.2. The first-order valence-corrected chi connectivity index (χ1v) is 39.4. The van der Waals surface area contributed by atoms with Crippen molar-refractivity contribution in [1.29, 1.82) is 0 Å². The molecular formula is C67H117N9O24P2. The molecule has 8 atom stereocenters. The third-order valence-corrected chi connectivity index (χ3v) is 19.5. The van der Waals surface area contributed by atoms with E-state index in [0.29, 0.717) is 172 Å². The first-order valence-electron chi connectivity index (χ1n) is 36.4. The number of nitrogen functional groups attached to an aromatic ring is 1. The van der Waals surface area contributed by atoms with Crippen LogP contribution >= 0.6 is 15.6 Å². The van der Waals surface area contributed by atoms with Gasteiger partial charge in [-0.1, -0.05) is 32.1 Å². The number of carbonyl (C=O) groups excluding carboxylic acids is 8. The number of unbranched alkanes of at least 4 members (excludes halogenated alkanes) is 12. The summed E-state index contributed by atoms with van der Waals surface area (Å²) in [5.41, 5.74) is 5.12. The second-order valence-corrected chi connectivity index (χ2v) is 29.3. The number of aliphatic hydroxyl groups is 4. The van der Waals surface area contributed by atoms with E-state index in [1.807, 2.05) is 0 Å². The number of amides is 4. The molecule has 1 aromatic heterocycles. The Hall–Kier alpha value is -5.06. The fourth-order valence-electron chi connectivity index (χ4n) is 11.8. The lowest BCUT2D eigenvalue weighted by Gasteiger charge is -2.34. The summed E-state index contributed by atoms with van der Waals surface area (Å²) < 4.78 is 70.8. The highest BCUT2D eigenvalue weighted by Gasteiger charge is 2.47. The number of aromatic nitrogens is 2. The number of aliphatic hydroxyl groups excluding tert-OH is 4. The summed E-state index contributed by atoms with van der Waals surface area (Å²) in [5, 5.41) is 49.4. The van der Waals surface area contributed by atoms with Gasteiger partial charge in [-0.3, -0.25) is 56.5 Å². The summed E-state index contributed by atoms with van der Waals surface area (Å²) >= 11 is 0. The number of Topliss-reactive ketones (excluding diaryl/α,β-unsaturated/α-hetero) is 4. The first-order chi connectivity index (χ1) is 49.0. The Balaban J connectivity index is 1.30. The smallest absolute Gasteiger partial charge is 0.396 e. The molecule has 584 valence electrons. The molecule has 3 aliphatic rings. The van der Waals surface area contributed by atoms with Gasteiger partial charge in [-0.2, -0.15) is 0 Å². The molecule has 4 heterocycles. The van der Waals surface area contributed by atoms with Gasteiger partial charge in [-0.05, 0) is 96.3 Å². The molecule has 1 aromatic rings. The van der Waals surface area contributed by atoms with Crippen LogP contribution in [-0.2, 0) is 84.5 Å². The molecule has 3 unspecified atom stereocenters. The Bertz CT molecular complexity index is 2640. The van der Waals surface area contributed by atoms with E-state index in [1.54, 1.807) is 4.90 Å². The zero-order valence-electron chi connectivity index (χ0n) is 59.7. The average molecular weight is 1490 g/mol. The standard InChI is InChI=1S/C67H117N9O24P2/c1-93-101(89,90)98-45-58-57(42-63(99-58)76-50-73-64-65(68)71-49-72-66(64)76)100-102(91,92)97-44-51-41-56(84)43-75(51)62(88)29-10-5-3-2-4-9-28-61(87)74-67(46-94-38-30-54(82)22-8-6-7-21-52(80)25-13-18-35-77,47-95-39-31-55(83)24-12-17-33-69-59(85)27-15-20-37-79)48-96-40-32-60(86)70-34-16-11-23-53(81)26-14-19-36-78/h49,51,56-58,63,73,77-79,84H,2-48,50H2,1H3,(H,69,85)(H,70,86)(H,74,87)(H,89,90)(H,91,92)(H2,68,71,72)/t51-,56+,57-,58+,63+,67?/m0/s1. The highest BCUT2D eigenvalue weighted by molar-refractivity contribution is 7.47. The van der Waals surface area contributed by atoms with Gasteiger partial charge < -0.3 is 86.0 Å². The van der Waals surface area contributed by atoms with E-state index in [-0.39, 0.29) is 177 Å². The number of hydrogen-bond donors (Lipinski definition) is 11. The molecule has 0 spiro atoms. The Kier molecular flexibility index (Phi) is 44.9. The molecule has 2 saturated heterocycles. The van der Waals surface area contributed by atoms with Crippen LogP contribution in [0.4, 0.5) is 17.3 Å². The molecule has 35 heteroatoms. The molecule has 12 N–H and O–H groups in total. The highest BCUT2D eigenvalue weighted by Crippen LogP contribution is 2.50. The van der Waals surface area contributed by atoms with Crippen LogP contribution in [0.15, 0.2) is 6.33 Å². The molecule has 33 nitrogen and oxygen atoms in total. The van der Waals surface area contributed by atoms with E-state index < -0.39 is 65.0 Å². The molecule has 0 aromatic carbocycles. The SMILES string of the molecule is COP(=O)(O)OC[C@H]1O[C@@H](N2CNc3c(N)ncnc32)C[C@@H]1OP(=O)(O)OC[C@@H]1C[C@@H](O)CN1C(=O)CCCCCCCCC(=O)NC(COCCC(=O)CCCCCC(=O)CCCCO)(COCCC(=O)CCCCNC(=O)CCCCO)COCCC(=O)NCCCCC(=O)CCCCO. The summed E-state index contributed by atoms with van der Waals surface area (Å²) in [6.07, 6.45) is 11.5. The van der Waals surface area contributed by atoms with Crippen LogP contribution in [0.25, 0.3) is 0 Å². The number of rotatable bonds is 63. The number of fused-ring (bicyclic) bond motifs is 1. The van der Waals surface area contributed by atoms with Gasteiger partial charge >= 0.3 is 15.6 Å². The Morgan fingerprint density at radius 2 is 1.05 bits per heavy atom. The molecular weight excluding hydrogens is 1380 g/mol. The van der Waals surface area contributed by atoms with Gasteiger partial charge in [-0.15, -0.1) is 0 Å². The van der Waals surface area contributed by atoms with Crippen molar-refractivity contribution >= 4 is 79.7 Å². The number of ether oxygens (including phenoxy) is 4. The van der Waals surface area contributed by atoms with E-state index in [2.05, 4.69) is 35.8 Å². The van der Waals surface area contributed by atoms with Crippen molar-refractivity contribution in [2.75, 3.05) is 122 Å². The van der Waals surface area contributed by atoms with Crippen molar-refractivity contribution in [3.63, 3.8) is 0 Å². The summed E-state index contributed by atoms with van der Waals surface area (Å²) in [7, 11) is -8.46. The molecule has 2 fully saturated rings. The van der Waals surface area contributed by atoms with Gasteiger partial charge in [-0.25, -0.2) is 19.1 Å². The second kappa shape index (κ2) is 51.2. The fraction of sp³-hybridized carbons (Fsp3) is 0.821. The largest absolute Gasteiger partial charge is 0.472 e. The molecule has 102 heavy (non-hydrogen) atoms. The molecule has 0 saturated carbocycles. The molecule has 0 aliphatic carbocycles. The van der Waals surface area contributed by atoms with Crippen LogP contribution in [0, 0.1) is 0 Å². The number of nitrogens with two attached hydrogens (primary N) is 1. The van der Waals surface area contributed by atoms with E-state index >= 15 is 0 Å². The molecule has 0 bridgehead atoms. The van der Waals surface area contributed by atoms with E-state index in [1.165, 1.54) is 11.2 Å². The minimum atomic E-state index is -4.93. The predicted octanol–water partition coefficient (Wildman–Crippen LogP) is 5.07. The number of ketones is 4. The third-order valence-electron chi connectivity index (χ3n) is 17.6. The zero-order valence-corrected chi connectivity index (χ0v) is 61.5. The molecule has 4 amide bonds. The van der Waals surface area contributed by atoms with Crippen LogP contribution in [0.3, 0.4) is 0 Å². The Morgan fingerprint density at radius 3 is 1.61 bits per heavy atom. The number of phosphoric acid groups is 2. The van der Waals surface area contributed by atoms with Gasteiger partial charge in [0.15, 0.2) is 11.6 Å². The van der Waals surface area contributed by atoms with E-state index in [9.17, 15) is 62.4 Å². The highest BCUT2D eigenvalue weighted by atomic mass is 31.2. The van der Waals surface area contributed by atoms with Gasteiger partial charge in [0.05, 0.1) is 71.7 Å². The number of β-amino-alcohol motifs (C(OH)–C–C–N with tert-alkyl or cyclic N) is 1. The van der Waals surface area contributed by atoms with Crippen LogP contribution < -0.4 is 31.9 Å². The first kappa shape index (κ1) is 89.3. The maximum absolute atomic E-state index is 14.0.